The van der Waals surface area contributed by atoms with Gasteiger partial charge in [-0.15, -0.1) is 35.3 Å². The number of aliphatic imine (C=N–C) groups is 1. The number of halogens is 2. The van der Waals surface area contributed by atoms with Gasteiger partial charge < -0.3 is 15.4 Å². The summed E-state index contributed by atoms with van der Waals surface area (Å²) in [4.78, 5) is 5.50. The van der Waals surface area contributed by atoms with Crippen molar-refractivity contribution < 1.29 is 9.13 Å². The summed E-state index contributed by atoms with van der Waals surface area (Å²) in [5.74, 6) is 1.11. The molecule has 1 atom stereocenters. The van der Waals surface area contributed by atoms with Crippen LogP contribution in [-0.2, 0) is 6.54 Å². The van der Waals surface area contributed by atoms with Crippen molar-refractivity contribution in [2.45, 2.75) is 26.5 Å². The van der Waals surface area contributed by atoms with E-state index in [1.165, 1.54) is 22.6 Å². The fraction of sp³-hybridized carbons (Fsp3) is 0.353. The van der Waals surface area contributed by atoms with E-state index in [0.29, 0.717) is 12.3 Å². The summed E-state index contributed by atoms with van der Waals surface area (Å²) < 4.78 is 18.6. The molecule has 4 nitrogen and oxygen atoms in total. The summed E-state index contributed by atoms with van der Waals surface area (Å²) in [6, 6.07) is 8.13. The van der Waals surface area contributed by atoms with Crippen LogP contribution < -0.4 is 15.4 Å². The second kappa shape index (κ2) is 10.5. The highest BCUT2D eigenvalue weighted by Gasteiger charge is 2.07. The van der Waals surface area contributed by atoms with E-state index >= 15 is 0 Å². The number of thiophene rings is 1. The van der Waals surface area contributed by atoms with E-state index in [1.807, 2.05) is 6.92 Å². The molecule has 132 valence electrons. The Kier molecular flexibility index (Phi) is 9.05. The molecule has 2 aromatic rings. The van der Waals surface area contributed by atoms with Gasteiger partial charge in [-0.05, 0) is 55.1 Å². The normalized spacial score (nSPS) is 12.2. The monoisotopic (exact) mass is 463 g/mol. The van der Waals surface area contributed by atoms with Crippen LogP contribution in [0.25, 0.3) is 0 Å². The Morgan fingerprint density at radius 3 is 2.54 bits per heavy atom. The molecule has 2 N–H and O–H groups in total. The van der Waals surface area contributed by atoms with E-state index in [-0.39, 0.29) is 35.9 Å². The van der Waals surface area contributed by atoms with Gasteiger partial charge in [-0.2, -0.15) is 0 Å². The number of hydrogen-bond donors (Lipinski definition) is 2. The van der Waals surface area contributed by atoms with E-state index in [1.54, 1.807) is 30.5 Å². The van der Waals surface area contributed by atoms with Crippen LogP contribution in [0.2, 0.25) is 0 Å². The van der Waals surface area contributed by atoms with Crippen LogP contribution in [0.4, 0.5) is 4.39 Å². The van der Waals surface area contributed by atoms with Gasteiger partial charge in [0.25, 0.3) is 0 Å². The average Bonchev–Trinajstić information content (AvgIpc) is 2.95. The van der Waals surface area contributed by atoms with Crippen LogP contribution in [-0.4, -0.2) is 25.7 Å². The van der Waals surface area contributed by atoms with Crippen molar-refractivity contribution in [2.24, 2.45) is 4.99 Å². The predicted molar refractivity (Wildman–Crippen MR) is 109 cm³/mol. The van der Waals surface area contributed by atoms with Crippen LogP contribution in [0, 0.1) is 12.7 Å². The first kappa shape index (κ1) is 20.7. The molecule has 2 rings (SSSR count). The van der Waals surface area contributed by atoms with Crippen molar-refractivity contribution in [1.82, 2.24) is 10.6 Å². The molecular formula is C17H23FIN3OS. The highest BCUT2D eigenvalue weighted by atomic mass is 127. The molecule has 0 saturated heterocycles. The third-order valence-corrected chi connectivity index (χ3v) is 4.34. The van der Waals surface area contributed by atoms with Crippen molar-refractivity contribution >= 4 is 41.3 Å². The van der Waals surface area contributed by atoms with Crippen LogP contribution in [0.5, 0.6) is 5.75 Å². The molecule has 0 aliphatic heterocycles. The summed E-state index contributed by atoms with van der Waals surface area (Å²) >= 11 is 1.73. The van der Waals surface area contributed by atoms with Gasteiger partial charge in [-0.1, -0.05) is 0 Å². The number of ether oxygens (including phenoxy) is 1. The molecular weight excluding hydrogens is 440 g/mol. The van der Waals surface area contributed by atoms with Gasteiger partial charge in [-0.25, -0.2) is 4.39 Å². The number of rotatable bonds is 6. The fourth-order valence-corrected chi connectivity index (χ4v) is 2.84. The molecule has 1 heterocycles. The standard InChI is InChI=1S/C17H22FN3OS.HI/c1-12-8-9-23-16(12)11-21-17(19-3)20-10-13(2)22-15-6-4-14(18)5-7-15;/h4-9,13H,10-11H2,1-3H3,(H2,19,20,21);1H. The summed E-state index contributed by atoms with van der Waals surface area (Å²) in [6.45, 7) is 5.40. The van der Waals surface area contributed by atoms with Crippen molar-refractivity contribution in [2.75, 3.05) is 13.6 Å². The van der Waals surface area contributed by atoms with Crippen LogP contribution in [0.15, 0.2) is 40.7 Å². The van der Waals surface area contributed by atoms with Crippen LogP contribution >= 0.6 is 35.3 Å². The Balaban J connectivity index is 0.00000288. The molecule has 0 radical (unpaired) electrons. The molecule has 7 heteroatoms. The Hall–Kier alpha value is -1.35. The molecule has 0 aliphatic rings. The first-order chi connectivity index (χ1) is 11.1. The molecule has 1 unspecified atom stereocenters. The number of hydrogen-bond acceptors (Lipinski definition) is 3. The van der Waals surface area contributed by atoms with Gasteiger partial charge in [0, 0.05) is 11.9 Å². The van der Waals surface area contributed by atoms with Gasteiger partial charge in [0.1, 0.15) is 17.7 Å². The highest BCUT2D eigenvalue weighted by molar-refractivity contribution is 14.0. The molecule has 24 heavy (non-hydrogen) atoms. The minimum atomic E-state index is -0.267. The summed E-state index contributed by atoms with van der Waals surface area (Å²) in [5.41, 5.74) is 1.28. The maximum Gasteiger partial charge on any atom is 0.191 e. The summed E-state index contributed by atoms with van der Waals surface area (Å²) in [6.07, 6.45) is -0.0671. The number of aryl methyl sites for hydroxylation is 1. The molecule has 1 aromatic heterocycles. The van der Waals surface area contributed by atoms with Crippen molar-refractivity contribution in [1.29, 1.82) is 0 Å². The second-order valence-electron chi connectivity index (χ2n) is 5.22. The fourth-order valence-electron chi connectivity index (χ4n) is 2.00. The van der Waals surface area contributed by atoms with Gasteiger partial charge in [0.15, 0.2) is 5.96 Å². The minimum absolute atomic E-state index is 0. The smallest absolute Gasteiger partial charge is 0.191 e. The number of benzene rings is 1. The Labute approximate surface area is 163 Å². The largest absolute Gasteiger partial charge is 0.489 e. The summed E-state index contributed by atoms with van der Waals surface area (Å²) in [5, 5.41) is 8.60. The topological polar surface area (TPSA) is 45.7 Å². The minimum Gasteiger partial charge on any atom is -0.489 e. The van der Waals surface area contributed by atoms with E-state index in [2.05, 4.69) is 34.0 Å². The zero-order valence-electron chi connectivity index (χ0n) is 14.0. The van der Waals surface area contributed by atoms with Gasteiger partial charge in [0.2, 0.25) is 0 Å². The Morgan fingerprint density at radius 2 is 1.96 bits per heavy atom. The van der Waals surface area contributed by atoms with E-state index in [0.717, 1.165) is 12.5 Å². The van der Waals surface area contributed by atoms with Crippen molar-refractivity contribution in [3.63, 3.8) is 0 Å². The van der Waals surface area contributed by atoms with E-state index in [9.17, 15) is 4.39 Å². The molecule has 0 saturated carbocycles. The predicted octanol–water partition coefficient (Wildman–Crippen LogP) is 3.95. The number of guanidine groups is 1. The number of nitrogens with zero attached hydrogens (tertiary/aromatic N) is 1. The van der Waals surface area contributed by atoms with Gasteiger partial charge in [-0.3, -0.25) is 4.99 Å². The molecule has 1 aromatic carbocycles. The first-order valence-electron chi connectivity index (χ1n) is 7.48. The van der Waals surface area contributed by atoms with E-state index < -0.39 is 0 Å². The van der Waals surface area contributed by atoms with Crippen LogP contribution in [0.1, 0.15) is 17.4 Å². The quantitative estimate of drug-likeness (QED) is 0.388. The zero-order chi connectivity index (χ0) is 16.7. The SMILES string of the molecule is CN=C(NCc1sccc1C)NCC(C)Oc1ccc(F)cc1.I. The number of nitrogens with one attached hydrogen (secondary N) is 2. The molecule has 0 spiro atoms. The lowest BCUT2D eigenvalue weighted by atomic mass is 10.3. The van der Waals surface area contributed by atoms with Gasteiger partial charge >= 0.3 is 0 Å². The molecule has 0 aliphatic carbocycles. The van der Waals surface area contributed by atoms with E-state index in [4.69, 9.17) is 4.74 Å². The first-order valence-corrected chi connectivity index (χ1v) is 8.36. The van der Waals surface area contributed by atoms with Crippen molar-refractivity contribution in [3.8, 4) is 5.75 Å². The highest BCUT2D eigenvalue weighted by Crippen LogP contribution is 2.15. The van der Waals surface area contributed by atoms with Gasteiger partial charge in [0.05, 0.1) is 13.1 Å². The third kappa shape index (κ3) is 6.64. The lowest BCUT2D eigenvalue weighted by Crippen LogP contribution is -2.41. The van der Waals surface area contributed by atoms with Crippen molar-refractivity contribution in [3.05, 3.63) is 52.0 Å². The average molecular weight is 463 g/mol. The second-order valence-corrected chi connectivity index (χ2v) is 6.22. The Bertz CT molecular complexity index is 646. The molecule has 0 fully saturated rings. The zero-order valence-corrected chi connectivity index (χ0v) is 17.2. The lowest BCUT2D eigenvalue weighted by molar-refractivity contribution is 0.223. The third-order valence-electron chi connectivity index (χ3n) is 3.32. The lowest BCUT2D eigenvalue weighted by Gasteiger charge is -2.17. The molecule has 0 bridgehead atoms. The molecule has 0 amide bonds. The maximum atomic E-state index is 12.9. The summed E-state index contributed by atoms with van der Waals surface area (Å²) in [7, 11) is 1.74. The maximum absolute atomic E-state index is 12.9. The Morgan fingerprint density at radius 1 is 1.25 bits per heavy atom. The van der Waals surface area contributed by atoms with Crippen LogP contribution in [0.3, 0.4) is 0 Å².